The fourth-order valence-electron chi connectivity index (χ4n) is 9.96. The Labute approximate surface area is 329 Å². The summed E-state index contributed by atoms with van der Waals surface area (Å²) in [6.07, 6.45) is 7.34. The standard InChI is InChI=1S/C45H55NO10/c1-44(2,3)55-42(51)39-33-11-7-9-27(33)21-34(39)40(49)53-23-37(47)29-15-13-25-18-32-20-30(16-14-26(32)17-31(25)19-29)38(48)24-54-41(50)36-22-28-10-8-12-35(28)46(36)43(52)56-45(4,5)6/h13-16,19-20,27-28,33-36,39H,7-12,17-18,21-24H2,1-6H3/t27?,28-,33?,34?,35-,36-,39?/m0/s1. The number of ether oxygens (including phenoxy) is 4. The number of hydrogen-bond acceptors (Lipinski definition) is 10. The molecular weight excluding hydrogens is 714 g/mol. The van der Waals surface area contributed by atoms with Crippen LogP contribution in [0.15, 0.2) is 36.4 Å². The number of carbonyl (C=O) groups is 6. The van der Waals surface area contributed by atoms with E-state index >= 15 is 0 Å². The van der Waals surface area contributed by atoms with E-state index in [2.05, 4.69) is 0 Å². The number of esters is 3. The van der Waals surface area contributed by atoms with Crippen LogP contribution < -0.4 is 0 Å². The lowest BCUT2D eigenvalue weighted by molar-refractivity contribution is -0.168. The molecule has 0 bridgehead atoms. The summed E-state index contributed by atoms with van der Waals surface area (Å²) >= 11 is 0. The maximum Gasteiger partial charge on any atom is 0.411 e. The van der Waals surface area contributed by atoms with Crippen molar-refractivity contribution >= 4 is 35.6 Å². The first-order valence-corrected chi connectivity index (χ1v) is 20.3. The Kier molecular flexibility index (Phi) is 10.9. The molecule has 7 atom stereocenters. The minimum atomic E-state index is -0.777. The molecule has 7 rings (SSSR count). The first-order valence-electron chi connectivity index (χ1n) is 20.3. The number of fused-ring (bicyclic) bond motifs is 4. The maximum absolute atomic E-state index is 13.3. The number of benzene rings is 2. The number of amides is 1. The number of Topliss-reactive ketones (excluding diaryl/α,β-unsaturated/α-hetero) is 2. The molecule has 300 valence electrons. The van der Waals surface area contributed by atoms with E-state index in [9.17, 15) is 28.8 Å². The van der Waals surface area contributed by atoms with E-state index in [-0.39, 0.29) is 41.3 Å². The predicted molar refractivity (Wildman–Crippen MR) is 205 cm³/mol. The van der Waals surface area contributed by atoms with Gasteiger partial charge >= 0.3 is 24.0 Å². The highest BCUT2D eigenvalue weighted by atomic mass is 16.6. The zero-order chi connectivity index (χ0) is 40.1. The van der Waals surface area contributed by atoms with Crippen molar-refractivity contribution in [1.82, 2.24) is 4.90 Å². The van der Waals surface area contributed by atoms with Crippen molar-refractivity contribution < 1.29 is 47.7 Å². The van der Waals surface area contributed by atoms with Gasteiger partial charge in [-0.1, -0.05) is 43.5 Å². The molecule has 56 heavy (non-hydrogen) atoms. The Hall–Kier alpha value is -4.54. The molecule has 1 amide bonds. The molecular formula is C45H55NO10. The Morgan fingerprint density at radius 2 is 1.18 bits per heavy atom. The lowest BCUT2D eigenvalue weighted by atomic mass is 9.84. The van der Waals surface area contributed by atoms with Crippen molar-refractivity contribution in [2.75, 3.05) is 13.2 Å². The average Bonchev–Trinajstić information content (AvgIpc) is 3.91. The number of rotatable bonds is 9. The Morgan fingerprint density at radius 3 is 1.77 bits per heavy atom. The van der Waals surface area contributed by atoms with E-state index in [0.29, 0.717) is 36.8 Å². The van der Waals surface area contributed by atoms with E-state index in [1.54, 1.807) is 37.8 Å². The fraction of sp³-hybridized carbons (Fsp3) is 0.600. The molecule has 1 aliphatic heterocycles. The Bertz CT molecular complexity index is 1780. The molecule has 2 aromatic rings. The molecule has 5 aliphatic rings. The molecule has 3 saturated carbocycles. The van der Waals surface area contributed by atoms with Crippen molar-refractivity contribution in [2.45, 2.75) is 129 Å². The van der Waals surface area contributed by atoms with Gasteiger partial charge in [-0.05, 0) is 139 Å². The van der Waals surface area contributed by atoms with Gasteiger partial charge in [0.1, 0.15) is 17.2 Å². The Balaban J connectivity index is 0.938. The summed E-state index contributed by atoms with van der Waals surface area (Å²) in [5.74, 6) is -2.66. The van der Waals surface area contributed by atoms with Crippen molar-refractivity contribution in [3.63, 3.8) is 0 Å². The number of hydrogen-bond donors (Lipinski definition) is 0. The molecule has 1 heterocycles. The number of carbonyl (C=O) groups excluding carboxylic acids is 6. The summed E-state index contributed by atoms with van der Waals surface area (Å²) in [6.45, 7) is 10.0. The third-order valence-corrected chi connectivity index (χ3v) is 12.4. The predicted octanol–water partition coefficient (Wildman–Crippen LogP) is 7.21. The fourth-order valence-corrected chi connectivity index (χ4v) is 9.96. The van der Waals surface area contributed by atoms with E-state index in [0.717, 1.165) is 60.8 Å². The molecule has 11 nitrogen and oxygen atoms in total. The zero-order valence-corrected chi connectivity index (χ0v) is 33.5. The van der Waals surface area contributed by atoms with E-state index in [4.69, 9.17) is 18.9 Å². The smallest absolute Gasteiger partial charge is 0.411 e. The second-order valence-electron chi connectivity index (χ2n) is 18.5. The van der Waals surface area contributed by atoms with Crippen molar-refractivity contribution in [3.8, 4) is 0 Å². The van der Waals surface area contributed by atoms with Gasteiger partial charge in [0.15, 0.2) is 24.8 Å². The first-order chi connectivity index (χ1) is 26.5. The highest BCUT2D eigenvalue weighted by molar-refractivity contribution is 5.99. The number of likely N-dealkylation sites (tertiary alicyclic amines) is 1. The van der Waals surface area contributed by atoms with Crippen LogP contribution in [0.1, 0.15) is 136 Å². The number of nitrogens with zero attached hydrogens (tertiary/aromatic N) is 1. The third-order valence-electron chi connectivity index (χ3n) is 12.4. The summed E-state index contributed by atoms with van der Waals surface area (Å²) in [4.78, 5) is 81.1. The first kappa shape index (κ1) is 39.7. The monoisotopic (exact) mass is 769 g/mol. The largest absolute Gasteiger partial charge is 0.460 e. The topological polar surface area (TPSA) is 143 Å². The second-order valence-corrected chi connectivity index (χ2v) is 18.5. The molecule has 0 radical (unpaired) electrons. The van der Waals surface area contributed by atoms with Gasteiger partial charge in [-0.2, -0.15) is 0 Å². The van der Waals surface area contributed by atoms with Gasteiger partial charge in [0.2, 0.25) is 0 Å². The van der Waals surface area contributed by atoms with Gasteiger partial charge in [0.05, 0.1) is 11.8 Å². The van der Waals surface area contributed by atoms with Crippen LogP contribution in [0, 0.1) is 29.6 Å². The van der Waals surface area contributed by atoms with Gasteiger partial charge in [-0.3, -0.25) is 24.1 Å². The van der Waals surface area contributed by atoms with Gasteiger partial charge in [-0.15, -0.1) is 0 Å². The zero-order valence-electron chi connectivity index (χ0n) is 33.5. The lowest BCUT2D eigenvalue weighted by Gasteiger charge is -2.31. The van der Waals surface area contributed by atoms with Gasteiger partial charge in [-0.25, -0.2) is 9.59 Å². The van der Waals surface area contributed by atoms with Crippen LogP contribution in [0.25, 0.3) is 0 Å². The van der Waals surface area contributed by atoms with Crippen LogP contribution in [0.2, 0.25) is 0 Å². The lowest BCUT2D eigenvalue weighted by Crippen LogP contribution is -2.47. The summed E-state index contributed by atoms with van der Waals surface area (Å²) < 4.78 is 22.5. The molecule has 4 aliphatic carbocycles. The van der Waals surface area contributed by atoms with Crippen LogP contribution in [-0.2, 0) is 46.2 Å². The summed E-state index contributed by atoms with van der Waals surface area (Å²) in [5, 5.41) is 0. The van der Waals surface area contributed by atoms with E-state index < -0.39 is 60.3 Å². The van der Waals surface area contributed by atoms with E-state index in [1.807, 2.05) is 45.0 Å². The minimum absolute atomic E-state index is 0.0601. The van der Waals surface area contributed by atoms with Crippen molar-refractivity contribution in [1.29, 1.82) is 0 Å². The molecule has 1 saturated heterocycles. The van der Waals surface area contributed by atoms with Gasteiger partial charge in [0, 0.05) is 17.2 Å². The molecule has 0 N–H and O–H groups in total. The van der Waals surface area contributed by atoms with E-state index in [1.165, 1.54) is 0 Å². The third kappa shape index (κ3) is 8.42. The summed E-state index contributed by atoms with van der Waals surface area (Å²) in [7, 11) is 0. The minimum Gasteiger partial charge on any atom is -0.460 e. The Morgan fingerprint density at radius 1 is 0.625 bits per heavy atom. The average molecular weight is 770 g/mol. The SMILES string of the molecule is CC(C)(C)OC(=O)C1C(C(=O)OCC(=O)c2ccc3c(c2)Cc2ccc(C(=O)COC(=O)[C@@H]4C[C@@H]5CCC[C@@H]5N4C(=O)OC(C)(C)C)cc2C3)CC2CCCC21. The summed E-state index contributed by atoms with van der Waals surface area (Å²) in [6, 6.07) is 10.1. The molecule has 4 unspecified atom stereocenters. The van der Waals surface area contributed by atoms with Crippen molar-refractivity contribution in [2.24, 2.45) is 29.6 Å². The van der Waals surface area contributed by atoms with Crippen LogP contribution in [-0.4, -0.2) is 77.0 Å². The quantitative estimate of drug-likeness (QED) is 0.125. The van der Waals surface area contributed by atoms with Crippen LogP contribution >= 0.6 is 0 Å². The molecule has 2 aromatic carbocycles. The number of ketones is 2. The van der Waals surface area contributed by atoms with Crippen LogP contribution in [0.4, 0.5) is 4.79 Å². The molecule has 4 fully saturated rings. The van der Waals surface area contributed by atoms with Gasteiger partial charge < -0.3 is 18.9 Å². The molecule has 0 spiro atoms. The maximum atomic E-state index is 13.3. The second kappa shape index (κ2) is 15.4. The normalized spacial score (nSPS) is 26.4. The highest BCUT2D eigenvalue weighted by Crippen LogP contribution is 2.52. The van der Waals surface area contributed by atoms with Gasteiger partial charge in [0.25, 0.3) is 0 Å². The van der Waals surface area contributed by atoms with Crippen LogP contribution in [0.3, 0.4) is 0 Å². The van der Waals surface area contributed by atoms with Crippen LogP contribution in [0.5, 0.6) is 0 Å². The highest BCUT2D eigenvalue weighted by Gasteiger charge is 2.54. The van der Waals surface area contributed by atoms with Crippen molar-refractivity contribution in [3.05, 3.63) is 69.8 Å². The molecule has 0 aromatic heterocycles. The molecule has 11 heteroatoms. The summed E-state index contributed by atoms with van der Waals surface area (Å²) in [5.41, 5.74) is 3.51.